The number of carboxylic acids is 1. The van der Waals surface area contributed by atoms with Crippen molar-refractivity contribution in [3.63, 3.8) is 0 Å². The third-order valence-corrected chi connectivity index (χ3v) is 2.58. The number of carboxylic acid groups (broad SMARTS) is 1. The van der Waals surface area contributed by atoms with Gasteiger partial charge in [0.2, 0.25) is 0 Å². The highest BCUT2D eigenvalue weighted by Crippen LogP contribution is 2.18. The van der Waals surface area contributed by atoms with Gasteiger partial charge in [-0.25, -0.2) is 4.98 Å². The van der Waals surface area contributed by atoms with E-state index < -0.39 is 5.97 Å². The van der Waals surface area contributed by atoms with Gasteiger partial charge in [-0.05, 0) is 12.1 Å². The molecule has 1 aromatic heterocycles. The van der Waals surface area contributed by atoms with Gasteiger partial charge in [-0.3, -0.25) is 4.79 Å². The molecule has 0 saturated heterocycles. The van der Waals surface area contributed by atoms with Crippen molar-refractivity contribution in [3.8, 4) is 11.3 Å². The van der Waals surface area contributed by atoms with Crippen LogP contribution in [0, 0.1) is 0 Å². The lowest BCUT2D eigenvalue weighted by Gasteiger charge is -2.01. The Morgan fingerprint density at radius 2 is 2.00 bits per heavy atom. The first-order valence-electron chi connectivity index (χ1n) is 4.81. The Kier molecular flexibility index (Phi) is 3.43. The smallest absolute Gasteiger partial charge is 0.311 e. The van der Waals surface area contributed by atoms with Gasteiger partial charge in [0, 0.05) is 10.0 Å². The first-order chi connectivity index (χ1) is 8.15. The van der Waals surface area contributed by atoms with E-state index in [1.807, 2.05) is 24.3 Å². The Hall–Kier alpha value is -1.82. The highest BCUT2D eigenvalue weighted by atomic mass is 79.9. The number of aliphatic carboxylic acids is 1. The van der Waals surface area contributed by atoms with Gasteiger partial charge in [0.25, 0.3) is 0 Å². The summed E-state index contributed by atoms with van der Waals surface area (Å²) in [5, 5.41) is 16.1. The molecule has 0 radical (unpaired) electrons. The van der Waals surface area contributed by atoms with Crippen LogP contribution in [0.25, 0.3) is 11.3 Å². The normalized spacial score (nSPS) is 10.2. The molecule has 0 aliphatic carbocycles. The van der Waals surface area contributed by atoms with Crippen molar-refractivity contribution in [2.75, 3.05) is 0 Å². The predicted molar refractivity (Wildman–Crippen MR) is 64.3 cm³/mol. The van der Waals surface area contributed by atoms with Gasteiger partial charge in [0.05, 0.1) is 11.9 Å². The minimum absolute atomic E-state index is 0.206. The highest BCUT2D eigenvalue weighted by Gasteiger charge is 2.06. The van der Waals surface area contributed by atoms with E-state index in [2.05, 4.69) is 31.1 Å². The monoisotopic (exact) mass is 293 g/mol. The van der Waals surface area contributed by atoms with Crippen LogP contribution < -0.4 is 0 Å². The molecule has 0 bridgehead atoms. The summed E-state index contributed by atoms with van der Waals surface area (Å²) in [6.45, 7) is 0. The van der Waals surface area contributed by atoms with E-state index in [-0.39, 0.29) is 12.2 Å². The van der Waals surface area contributed by atoms with Crippen molar-refractivity contribution in [1.82, 2.24) is 15.2 Å². The molecule has 1 aromatic carbocycles. The number of carbonyl (C=O) groups is 1. The molecule has 6 heteroatoms. The van der Waals surface area contributed by atoms with E-state index in [0.717, 1.165) is 10.0 Å². The Morgan fingerprint density at radius 1 is 1.29 bits per heavy atom. The predicted octanol–water partition coefficient (Wildman–Crippen LogP) is 1.93. The standard InChI is InChI=1S/C11H8BrN3O2/c12-8-3-1-7(2-4-8)9-6-13-15-10(14-9)5-11(16)17/h1-4,6H,5H2,(H,16,17). The second-order valence-electron chi connectivity index (χ2n) is 3.34. The van der Waals surface area contributed by atoms with Crippen LogP contribution in [-0.4, -0.2) is 26.3 Å². The lowest BCUT2D eigenvalue weighted by molar-refractivity contribution is -0.136. The van der Waals surface area contributed by atoms with E-state index in [4.69, 9.17) is 5.11 Å². The molecule has 2 aromatic rings. The number of benzene rings is 1. The Bertz CT molecular complexity index is 543. The second kappa shape index (κ2) is 5.01. The molecule has 1 N–H and O–H groups in total. The lowest BCUT2D eigenvalue weighted by Crippen LogP contribution is -2.06. The lowest BCUT2D eigenvalue weighted by atomic mass is 10.2. The summed E-state index contributed by atoms with van der Waals surface area (Å²) in [5.74, 6) is -0.766. The molecule has 17 heavy (non-hydrogen) atoms. The van der Waals surface area contributed by atoms with Crippen molar-refractivity contribution in [2.24, 2.45) is 0 Å². The van der Waals surface area contributed by atoms with Crippen LogP contribution in [-0.2, 0) is 11.2 Å². The summed E-state index contributed by atoms with van der Waals surface area (Å²) in [6.07, 6.45) is 1.28. The molecule has 0 spiro atoms. The molecule has 0 aliphatic rings. The van der Waals surface area contributed by atoms with Gasteiger partial charge in [-0.1, -0.05) is 28.1 Å². The summed E-state index contributed by atoms with van der Waals surface area (Å²) >= 11 is 3.34. The molecule has 86 valence electrons. The number of nitrogens with zero attached hydrogens (tertiary/aromatic N) is 3. The molecule has 0 unspecified atom stereocenters. The van der Waals surface area contributed by atoms with Crippen LogP contribution in [0.4, 0.5) is 0 Å². The minimum atomic E-state index is -0.972. The number of halogens is 1. The largest absolute Gasteiger partial charge is 0.481 e. The maximum atomic E-state index is 10.5. The molecule has 0 aliphatic heterocycles. The van der Waals surface area contributed by atoms with E-state index in [1.54, 1.807) is 0 Å². The molecular weight excluding hydrogens is 286 g/mol. The van der Waals surface area contributed by atoms with Crippen molar-refractivity contribution < 1.29 is 9.90 Å². The maximum absolute atomic E-state index is 10.5. The molecule has 0 atom stereocenters. The van der Waals surface area contributed by atoms with Crippen LogP contribution in [0.5, 0.6) is 0 Å². The molecule has 5 nitrogen and oxygen atoms in total. The summed E-state index contributed by atoms with van der Waals surface area (Å²) in [4.78, 5) is 14.7. The van der Waals surface area contributed by atoms with Gasteiger partial charge in [0.15, 0.2) is 5.82 Å². The third-order valence-electron chi connectivity index (χ3n) is 2.05. The summed E-state index contributed by atoms with van der Waals surface area (Å²) < 4.78 is 0.967. The summed E-state index contributed by atoms with van der Waals surface area (Å²) in [6, 6.07) is 7.51. The number of hydrogen-bond donors (Lipinski definition) is 1. The fourth-order valence-corrected chi connectivity index (χ4v) is 1.57. The molecule has 1 heterocycles. The fraction of sp³-hybridized carbons (Fsp3) is 0.0909. The molecule has 0 amide bonds. The van der Waals surface area contributed by atoms with Crippen molar-refractivity contribution in [3.05, 3.63) is 40.8 Å². The molecule has 0 fully saturated rings. The van der Waals surface area contributed by atoms with Gasteiger partial charge in [0.1, 0.15) is 6.42 Å². The van der Waals surface area contributed by atoms with Crippen LogP contribution in [0.3, 0.4) is 0 Å². The first kappa shape index (κ1) is 11.7. The van der Waals surface area contributed by atoms with E-state index in [0.29, 0.717) is 5.69 Å². The third kappa shape index (κ3) is 3.07. The molecule has 0 saturated carbocycles. The number of aromatic nitrogens is 3. The maximum Gasteiger partial charge on any atom is 0.311 e. The second-order valence-corrected chi connectivity index (χ2v) is 4.25. The average Bonchev–Trinajstić information content (AvgIpc) is 2.29. The summed E-state index contributed by atoms with van der Waals surface area (Å²) in [5.41, 5.74) is 1.48. The highest BCUT2D eigenvalue weighted by molar-refractivity contribution is 9.10. The summed E-state index contributed by atoms with van der Waals surface area (Å²) in [7, 11) is 0. The van der Waals surface area contributed by atoms with Gasteiger partial charge < -0.3 is 5.11 Å². The Labute approximate surface area is 106 Å². The van der Waals surface area contributed by atoms with Crippen molar-refractivity contribution in [1.29, 1.82) is 0 Å². The molecule has 2 rings (SSSR count). The van der Waals surface area contributed by atoms with Crippen LogP contribution in [0.15, 0.2) is 34.9 Å². The van der Waals surface area contributed by atoms with E-state index in [1.165, 1.54) is 6.20 Å². The zero-order valence-corrected chi connectivity index (χ0v) is 10.3. The number of rotatable bonds is 3. The van der Waals surface area contributed by atoms with Crippen molar-refractivity contribution in [2.45, 2.75) is 6.42 Å². The van der Waals surface area contributed by atoms with E-state index in [9.17, 15) is 4.79 Å². The van der Waals surface area contributed by atoms with Crippen LogP contribution in [0.2, 0.25) is 0 Å². The molecular formula is C11H8BrN3O2. The topological polar surface area (TPSA) is 76.0 Å². The Balaban J connectivity index is 2.32. The fourth-order valence-electron chi connectivity index (χ4n) is 1.31. The quantitative estimate of drug-likeness (QED) is 0.936. The SMILES string of the molecule is O=C(O)Cc1nncc(-c2ccc(Br)cc2)n1. The Morgan fingerprint density at radius 3 is 2.65 bits per heavy atom. The average molecular weight is 294 g/mol. The first-order valence-corrected chi connectivity index (χ1v) is 5.61. The van der Waals surface area contributed by atoms with Crippen LogP contribution >= 0.6 is 15.9 Å². The van der Waals surface area contributed by atoms with Gasteiger partial charge >= 0.3 is 5.97 Å². The number of hydrogen-bond acceptors (Lipinski definition) is 4. The van der Waals surface area contributed by atoms with Crippen molar-refractivity contribution >= 4 is 21.9 Å². The van der Waals surface area contributed by atoms with Gasteiger partial charge in [-0.2, -0.15) is 5.10 Å². The zero-order valence-electron chi connectivity index (χ0n) is 8.67. The zero-order chi connectivity index (χ0) is 12.3. The van der Waals surface area contributed by atoms with Crippen LogP contribution in [0.1, 0.15) is 5.82 Å². The minimum Gasteiger partial charge on any atom is -0.481 e. The van der Waals surface area contributed by atoms with E-state index >= 15 is 0 Å². The van der Waals surface area contributed by atoms with Gasteiger partial charge in [-0.15, -0.1) is 5.10 Å².